The Hall–Kier alpha value is -1.62. The summed E-state index contributed by atoms with van der Waals surface area (Å²) in [5, 5.41) is 3.92. The lowest BCUT2D eigenvalue weighted by atomic mass is 10.1. The molecule has 6 heteroatoms. The van der Waals surface area contributed by atoms with E-state index in [1.54, 1.807) is 12.1 Å². The van der Waals surface area contributed by atoms with E-state index in [2.05, 4.69) is 18.3 Å². The first kappa shape index (κ1) is 16.2. The number of para-hydroxylation sites is 1. The molecule has 1 aliphatic heterocycles. The number of carbonyl (C=O) groups is 1. The Morgan fingerprint density at radius 1 is 1.26 bits per heavy atom. The predicted octanol–water partition coefficient (Wildman–Crippen LogP) is 4.46. The molecule has 1 aliphatic rings. The van der Waals surface area contributed by atoms with E-state index >= 15 is 0 Å². The number of anilines is 1. The van der Waals surface area contributed by atoms with Crippen molar-refractivity contribution >= 4 is 52.1 Å². The molecule has 2 aromatic carbocycles. The summed E-state index contributed by atoms with van der Waals surface area (Å²) in [6, 6.07) is 13.0. The van der Waals surface area contributed by atoms with Gasteiger partial charge in [-0.15, -0.1) is 0 Å². The summed E-state index contributed by atoms with van der Waals surface area (Å²) in [6.07, 6.45) is 0.897. The Labute approximate surface area is 150 Å². The summed E-state index contributed by atoms with van der Waals surface area (Å²) in [5.41, 5.74) is 2.60. The van der Waals surface area contributed by atoms with E-state index in [-0.39, 0.29) is 11.9 Å². The third-order valence-electron chi connectivity index (χ3n) is 3.82. The maximum absolute atomic E-state index is 12.4. The molecule has 0 saturated heterocycles. The minimum Gasteiger partial charge on any atom is -0.315 e. The first-order valence-electron chi connectivity index (χ1n) is 7.15. The predicted molar refractivity (Wildman–Crippen MR) is 98.6 cm³/mol. The summed E-state index contributed by atoms with van der Waals surface area (Å²) >= 11 is 17.4. The van der Waals surface area contributed by atoms with Crippen LogP contribution in [0.25, 0.3) is 0 Å². The van der Waals surface area contributed by atoms with Gasteiger partial charge in [-0.25, -0.2) is 0 Å². The van der Waals surface area contributed by atoms with Crippen LogP contribution in [-0.4, -0.2) is 17.1 Å². The number of benzene rings is 2. The quantitative estimate of drug-likeness (QED) is 0.758. The highest BCUT2D eigenvalue weighted by Gasteiger charge is 2.29. The number of hydrogen-bond acceptors (Lipinski definition) is 2. The number of rotatable bonds is 1. The minimum atomic E-state index is -0.340. The van der Waals surface area contributed by atoms with Crippen LogP contribution in [0.2, 0.25) is 10.0 Å². The van der Waals surface area contributed by atoms with Crippen LogP contribution in [0, 0.1) is 0 Å². The summed E-state index contributed by atoms with van der Waals surface area (Å²) in [4.78, 5) is 14.4. The Morgan fingerprint density at radius 3 is 2.74 bits per heavy atom. The zero-order valence-electron chi connectivity index (χ0n) is 12.3. The number of amides is 1. The van der Waals surface area contributed by atoms with Gasteiger partial charge >= 0.3 is 0 Å². The van der Waals surface area contributed by atoms with Crippen LogP contribution in [0.4, 0.5) is 5.69 Å². The van der Waals surface area contributed by atoms with Gasteiger partial charge in [-0.2, -0.15) is 0 Å². The monoisotopic (exact) mass is 364 g/mol. The molecule has 118 valence electrons. The van der Waals surface area contributed by atoms with E-state index in [4.69, 9.17) is 35.4 Å². The minimum absolute atomic E-state index is 0.195. The molecule has 1 atom stereocenters. The molecule has 0 spiro atoms. The fourth-order valence-electron chi connectivity index (χ4n) is 2.77. The topological polar surface area (TPSA) is 32.3 Å². The average molecular weight is 365 g/mol. The molecule has 2 aromatic rings. The smallest absolute Gasteiger partial charge is 0.258 e. The number of fused-ring (bicyclic) bond motifs is 1. The highest BCUT2D eigenvalue weighted by molar-refractivity contribution is 7.80. The number of halogens is 2. The van der Waals surface area contributed by atoms with E-state index in [0.29, 0.717) is 20.7 Å². The van der Waals surface area contributed by atoms with Crippen molar-refractivity contribution in [2.24, 2.45) is 0 Å². The van der Waals surface area contributed by atoms with Gasteiger partial charge in [-0.05, 0) is 55.4 Å². The normalized spacial score (nSPS) is 16.1. The molecule has 0 saturated carbocycles. The Kier molecular flexibility index (Phi) is 4.57. The molecule has 3 rings (SSSR count). The van der Waals surface area contributed by atoms with Crippen molar-refractivity contribution in [2.75, 3.05) is 4.90 Å². The molecule has 1 N–H and O–H groups in total. The number of thiocarbonyl (C=S) groups is 1. The number of nitrogens with one attached hydrogen (secondary N) is 1. The zero-order valence-corrected chi connectivity index (χ0v) is 14.7. The number of nitrogens with zero attached hydrogens (tertiary/aromatic N) is 1. The van der Waals surface area contributed by atoms with Crippen LogP contribution >= 0.6 is 35.4 Å². The van der Waals surface area contributed by atoms with Gasteiger partial charge in [0.15, 0.2) is 5.11 Å². The van der Waals surface area contributed by atoms with Crippen molar-refractivity contribution in [3.05, 3.63) is 63.6 Å². The Morgan fingerprint density at radius 2 is 2.00 bits per heavy atom. The largest absolute Gasteiger partial charge is 0.315 e. The molecule has 0 unspecified atom stereocenters. The van der Waals surface area contributed by atoms with Gasteiger partial charge in [-0.3, -0.25) is 10.1 Å². The standard InChI is InChI=1S/C17H14Cl2N2OS/c1-10-8-11-4-2-3-5-15(11)21(10)17(23)20-16(22)13-7-6-12(18)9-14(13)19/h2-7,9-10H,8H2,1H3,(H,20,22,23)/t10-/m1/s1. The fraction of sp³-hybridized carbons (Fsp3) is 0.176. The van der Waals surface area contributed by atoms with Crippen LogP contribution in [0.5, 0.6) is 0 Å². The molecule has 0 radical (unpaired) electrons. The van der Waals surface area contributed by atoms with E-state index in [1.807, 2.05) is 23.1 Å². The third kappa shape index (κ3) is 3.20. The molecular formula is C17H14Cl2N2OS. The van der Waals surface area contributed by atoms with Gasteiger partial charge in [0.05, 0.1) is 10.6 Å². The van der Waals surface area contributed by atoms with Crippen LogP contribution in [0.15, 0.2) is 42.5 Å². The first-order valence-corrected chi connectivity index (χ1v) is 8.31. The second-order valence-electron chi connectivity index (χ2n) is 5.44. The Balaban J connectivity index is 1.81. The van der Waals surface area contributed by atoms with Gasteiger partial charge in [0.2, 0.25) is 0 Å². The van der Waals surface area contributed by atoms with Crippen molar-refractivity contribution in [3.63, 3.8) is 0 Å². The summed E-state index contributed by atoms with van der Waals surface area (Å²) in [7, 11) is 0. The summed E-state index contributed by atoms with van der Waals surface area (Å²) in [6.45, 7) is 2.08. The van der Waals surface area contributed by atoms with Crippen LogP contribution in [0.3, 0.4) is 0 Å². The number of carbonyl (C=O) groups excluding carboxylic acids is 1. The van der Waals surface area contributed by atoms with Crippen molar-refractivity contribution in [1.29, 1.82) is 0 Å². The molecule has 1 heterocycles. The molecule has 23 heavy (non-hydrogen) atoms. The lowest BCUT2D eigenvalue weighted by molar-refractivity contribution is 0.0977. The highest BCUT2D eigenvalue weighted by Crippen LogP contribution is 2.32. The maximum Gasteiger partial charge on any atom is 0.258 e. The average Bonchev–Trinajstić information content (AvgIpc) is 2.82. The van der Waals surface area contributed by atoms with E-state index in [0.717, 1.165) is 12.1 Å². The second-order valence-corrected chi connectivity index (χ2v) is 6.67. The highest BCUT2D eigenvalue weighted by atomic mass is 35.5. The SMILES string of the molecule is C[C@@H]1Cc2ccccc2N1C(=S)NC(=O)c1ccc(Cl)cc1Cl. The summed E-state index contributed by atoms with van der Waals surface area (Å²) in [5.74, 6) is -0.340. The third-order valence-corrected chi connectivity index (χ3v) is 4.67. The Bertz CT molecular complexity index is 794. The zero-order chi connectivity index (χ0) is 16.6. The van der Waals surface area contributed by atoms with E-state index < -0.39 is 0 Å². The van der Waals surface area contributed by atoms with Crippen molar-refractivity contribution < 1.29 is 4.79 Å². The van der Waals surface area contributed by atoms with Crippen molar-refractivity contribution in [2.45, 2.75) is 19.4 Å². The van der Waals surface area contributed by atoms with Crippen molar-refractivity contribution in [3.8, 4) is 0 Å². The lowest BCUT2D eigenvalue weighted by Crippen LogP contribution is -2.45. The van der Waals surface area contributed by atoms with Crippen LogP contribution < -0.4 is 10.2 Å². The maximum atomic E-state index is 12.4. The molecule has 0 aliphatic carbocycles. The van der Waals surface area contributed by atoms with Crippen LogP contribution in [0.1, 0.15) is 22.8 Å². The van der Waals surface area contributed by atoms with E-state index in [1.165, 1.54) is 11.6 Å². The lowest BCUT2D eigenvalue weighted by Gasteiger charge is -2.25. The van der Waals surface area contributed by atoms with Gasteiger partial charge in [0.1, 0.15) is 0 Å². The molecule has 0 fully saturated rings. The number of hydrogen-bond donors (Lipinski definition) is 1. The van der Waals surface area contributed by atoms with E-state index in [9.17, 15) is 4.79 Å². The van der Waals surface area contributed by atoms with Crippen molar-refractivity contribution in [1.82, 2.24) is 5.32 Å². The van der Waals surface area contributed by atoms with Gasteiger partial charge in [0.25, 0.3) is 5.91 Å². The second kappa shape index (κ2) is 6.48. The van der Waals surface area contributed by atoms with Crippen LogP contribution in [-0.2, 0) is 6.42 Å². The molecule has 0 aromatic heterocycles. The van der Waals surface area contributed by atoms with Gasteiger partial charge in [-0.1, -0.05) is 41.4 Å². The molecular weight excluding hydrogens is 351 g/mol. The molecule has 1 amide bonds. The fourth-order valence-corrected chi connectivity index (χ4v) is 3.64. The molecule has 0 bridgehead atoms. The van der Waals surface area contributed by atoms with Gasteiger partial charge in [0, 0.05) is 16.8 Å². The summed E-state index contributed by atoms with van der Waals surface area (Å²) < 4.78 is 0. The molecule has 3 nitrogen and oxygen atoms in total. The van der Waals surface area contributed by atoms with Gasteiger partial charge < -0.3 is 4.90 Å². The first-order chi connectivity index (χ1) is 11.0.